The number of carbonyl (C=O) groups is 5. The molecule has 2 saturated carbocycles. The number of nitrogens with one attached hydrogen (secondary N) is 2. The maximum atomic E-state index is 14.0. The summed E-state index contributed by atoms with van der Waals surface area (Å²) in [5.41, 5.74) is 6.24. The Labute approximate surface area is 659 Å². The molecule has 34 heteroatoms. The molecule has 5 aliphatic rings. The second-order valence-electron chi connectivity index (χ2n) is 25.4. The van der Waals surface area contributed by atoms with Gasteiger partial charge in [-0.05, 0) is 120 Å². The van der Waals surface area contributed by atoms with Gasteiger partial charge in [-0.25, -0.2) is 0 Å². The fraction of sp³-hybridized carbons (Fsp3) is 0.303. The van der Waals surface area contributed by atoms with Crippen molar-refractivity contribution in [3.63, 3.8) is 0 Å². The van der Waals surface area contributed by atoms with Crippen molar-refractivity contribution < 1.29 is 131 Å². The molecule has 2 aliphatic carbocycles. The van der Waals surface area contributed by atoms with Crippen molar-refractivity contribution in [3.8, 4) is 40.2 Å². The van der Waals surface area contributed by atoms with Crippen LogP contribution in [0.4, 0.5) is 68.0 Å². The molecule has 0 radical (unpaired) electrons. The van der Waals surface area contributed by atoms with Gasteiger partial charge < -0.3 is 73.8 Å². The summed E-state index contributed by atoms with van der Waals surface area (Å²) in [5.74, 6) is -2.16. The Balaban J connectivity index is 0.000000194. The second-order valence-corrected chi connectivity index (χ2v) is 27.6. The Bertz CT molecular complexity index is 4620. The van der Waals surface area contributed by atoms with Crippen LogP contribution < -0.4 is 77.4 Å². The van der Waals surface area contributed by atoms with Crippen molar-refractivity contribution in [2.75, 3.05) is 79.5 Å². The normalized spacial score (nSPS) is 17.1. The van der Waals surface area contributed by atoms with Crippen molar-refractivity contribution in [1.82, 2.24) is 0 Å². The first-order chi connectivity index (χ1) is 51.3. The van der Waals surface area contributed by atoms with Gasteiger partial charge in [0.15, 0.2) is 0 Å². The van der Waals surface area contributed by atoms with Crippen LogP contribution in [0.5, 0.6) is 40.2 Å². The molecule has 3 aliphatic heterocycles. The molecule has 7 atom stereocenters. The zero-order chi connectivity index (χ0) is 77.5. The van der Waals surface area contributed by atoms with Gasteiger partial charge in [0.25, 0.3) is 11.8 Å². The molecule has 20 nitrogen and oxygen atoms in total. The summed E-state index contributed by atoms with van der Waals surface area (Å²) in [5, 5.41) is 17.1. The van der Waals surface area contributed by atoms with Crippen LogP contribution in [0.25, 0.3) is 0 Å². The van der Waals surface area contributed by atoms with Gasteiger partial charge >= 0.3 is 49.9 Å². The number of fused-ring (bicyclic) bond motifs is 3. The van der Waals surface area contributed by atoms with E-state index in [1.807, 2.05) is 0 Å². The summed E-state index contributed by atoms with van der Waals surface area (Å²) in [6, 6.07) is 40.4. The van der Waals surface area contributed by atoms with Crippen LogP contribution in [0.2, 0.25) is 15.1 Å². The average molecular weight is 1650 g/mol. The molecule has 0 bridgehead atoms. The minimum atomic E-state index is -4.87. The number of hydrogen-bond donors (Lipinski definition) is 3. The second kappa shape index (κ2) is 36.2. The predicted molar refractivity (Wildman–Crippen MR) is 388 cm³/mol. The van der Waals surface area contributed by atoms with Crippen molar-refractivity contribution in [2.24, 2.45) is 23.7 Å². The van der Waals surface area contributed by atoms with E-state index < -0.39 is 65.3 Å². The van der Waals surface area contributed by atoms with Gasteiger partial charge in [-0.2, -0.15) is 0 Å². The van der Waals surface area contributed by atoms with E-state index in [0.29, 0.717) is 128 Å². The molecule has 110 heavy (non-hydrogen) atoms. The zero-order valence-electron chi connectivity index (χ0n) is 58.7. The summed E-state index contributed by atoms with van der Waals surface area (Å²) in [4.78, 5) is 67.5. The standard InChI is InChI=1S/C30H28ClF3N2O6.C29H26ClF3N2O6.C17H12BrClF3NO2.Li.H2O/c1-39-23-12-21(13-24(14-23)41-16-19-11-25(19)29(38)40-2)35-27(18-3-6-20(31)7-4-18)28(37)36-10-9-17-5-8-22(15-26(17)36)42-30(32,33)34;1-39-22-11-20(12-23(13-22)40-15-18-10-24(18)28(37)38)34-26(17-2-5-19(30)6-3-17)27(36)35-9-8-16-4-7-21(14-25(16)35)41-29(31,32)33;18-15(11-1-4-12(19)5-2-11)16(24)23-8-7-10-3-6-13(9-14(10)23)25-17(20,21)22;;/h3-8,12-15,19,25,27,35H,9-11,16H2,1-2H3;2-7,11-14,18,24,26,34H,8-10,15H2,1H3,(H,37,38);1-6,9,15H,7-8H2;;1H2/q;;;+1;/p-1/t19-,25+,27?;18-,24+,26?;;;/m00.../s1. The number of amides is 3. The number of aliphatic carboxylic acids is 1. The average Bonchev–Trinajstić information content (AvgIpc) is 1.64. The van der Waals surface area contributed by atoms with Gasteiger partial charge in [-0.1, -0.05) is 105 Å². The van der Waals surface area contributed by atoms with Crippen LogP contribution >= 0.6 is 50.7 Å². The number of hydrogen-bond acceptors (Lipinski definition) is 16. The predicted octanol–water partition coefficient (Wildman–Crippen LogP) is 14.4. The molecule has 578 valence electrons. The molecular weight excluding hydrogens is 1590 g/mol. The number of benzene rings is 8. The number of rotatable bonds is 23. The number of nitrogens with zero attached hydrogens (tertiary/aromatic N) is 3. The van der Waals surface area contributed by atoms with E-state index in [1.54, 1.807) is 115 Å². The van der Waals surface area contributed by atoms with Gasteiger partial charge in [-0.15, -0.1) is 39.5 Å². The summed E-state index contributed by atoms with van der Waals surface area (Å²) in [6.07, 6.45) is -11.7. The zero-order valence-corrected chi connectivity index (χ0v) is 62.5. The molecule has 3 heterocycles. The van der Waals surface area contributed by atoms with E-state index in [4.69, 9.17) is 63.6 Å². The molecule has 13 rings (SSSR count). The molecule has 0 spiro atoms. The Morgan fingerprint density at radius 1 is 0.464 bits per heavy atom. The fourth-order valence-corrected chi connectivity index (χ4v) is 13.5. The monoisotopic (exact) mass is 1650 g/mol. The summed E-state index contributed by atoms with van der Waals surface area (Å²) < 4.78 is 154. The van der Waals surface area contributed by atoms with Crippen LogP contribution in [0.3, 0.4) is 0 Å². The first-order valence-corrected chi connectivity index (χ1v) is 35.3. The summed E-state index contributed by atoms with van der Waals surface area (Å²) in [7, 11) is 4.33. The first kappa shape index (κ1) is 84.6. The molecule has 8 aromatic carbocycles. The molecule has 3 amide bonds. The van der Waals surface area contributed by atoms with Crippen molar-refractivity contribution in [2.45, 2.75) is 68.1 Å². The van der Waals surface area contributed by atoms with Crippen LogP contribution in [-0.4, -0.2) is 114 Å². The molecular formula is C76H67BrCl3F9LiN5O15. The van der Waals surface area contributed by atoms with E-state index in [1.165, 1.54) is 84.6 Å². The Hall–Kier alpha value is -9.41. The van der Waals surface area contributed by atoms with Gasteiger partial charge in [-0.3, -0.25) is 24.0 Å². The van der Waals surface area contributed by atoms with Gasteiger partial charge in [0.2, 0.25) is 5.91 Å². The number of ether oxygens (including phenoxy) is 8. The van der Waals surface area contributed by atoms with Crippen LogP contribution in [0.15, 0.2) is 164 Å². The van der Waals surface area contributed by atoms with E-state index >= 15 is 0 Å². The van der Waals surface area contributed by atoms with E-state index in [2.05, 4.69) is 40.8 Å². The third-order valence-corrected chi connectivity index (χ3v) is 19.8. The third kappa shape index (κ3) is 22.2. The largest absolute Gasteiger partial charge is 1.00 e. The number of anilines is 5. The van der Waals surface area contributed by atoms with Crippen molar-refractivity contribution in [1.29, 1.82) is 0 Å². The SMILES string of the molecule is COC(=O)[C@@H]1C[C@H]1COc1cc(NC(C(=O)N2CCc3ccc(OC(F)(F)F)cc32)c2ccc(Cl)cc2)cc(OC)c1.COc1cc(NC(C(=O)N2CCc3ccc(OC(F)(F)F)cc32)c2ccc(Cl)cc2)cc(OC[C@@H]2C[C@H]2C(=O)O)c1.O=C(C(Br)c1ccc(Cl)cc1)N1CCc2ccc(OC(F)(F)F)cc21.[Li+].[OH-]. The topological polar surface area (TPSA) is 243 Å². The number of carbonyl (C=O) groups excluding carboxylic acids is 4. The number of methoxy groups -OCH3 is 3. The Morgan fingerprint density at radius 3 is 1.12 bits per heavy atom. The van der Waals surface area contributed by atoms with Gasteiger partial charge in [0, 0.05) is 113 Å². The van der Waals surface area contributed by atoms with Crippen LogP contribution in [-0.2, 0) is 48.0 Å². The summed E-state index contributed by atoms with van der Waals surface area (Å²) in [6.45, 7) is 1.48. The Morgan fingerprint density at radius 2 is 0.791 bits per heavy atom. The molecule has 2 fully saturated rings. The number of esters is 1. The van der Waals surface area contributed by atoms with Gasteiger partial charge in [0.05, 0.1) is 63.4 Å². The van der Waals surface area contributed by atoms with Crippen LogP contribution in [0, 0.1) is 23.7 Å². The number of halogens is 13. The Kier molecular flexibility index (Phi) is 27.8. The van der Waals surface area contributed by atoms with Crippen LogP contribution in [0.1, 0.15) is 63.1 Å². The quantitative estimate of drug-likeness (QED) is 0.0233. The van der Waals surface area contributed by atoms with Crippen molar-refractivity contribution >= 4 is 109 Å². The van der Waals surface area contributed by atoms with E-state index in [9.17, 15) is 63.5 Å². The maximum Gasteiger partial charge on any atom is 1.00 e. The maximum absolute atomic E-state index is 14.0. The molecule has 0 saturated heterocycles. The smallest absolute Gasteiger partial charge is 0.870 e. The number of alkyl halides is 10. The minimum absolute atomic E-state index is 0. The summed E-state index contributed by atoms with van der Waals surface area (Å²) >= 11 is 21.4. The third-order valence-electron chi connectivity index (χ3n) is 18.1. The number of carboxylic acids is 1. The van der Waals surface area contributed by atoms with E-state index in [-0.39, 0.29) is 85.3 Å². The van der Waals surface area contributed by atoms with Gasteiger partial charge in [0.1, 0.15) is 57.2 Å². The molecule has 8 aromatic rings. The van der Waals surface area contributed by atoms with Crippen molar-refractivity contribution in [3.05, 3.63) is 212 Å². The molecule has 0 aromatic heterocycles. The van der Waals surface area contributed by atoms with E-state index in [0.717, 1.165) is 16.7 Å². The number of carboxylic acid groups (broad SMARTS) is 1. The molecule has 4 N–H and O–H groups in total. The minimum Gasteiger partial charge on any atom is -0.870 e. The first-order valence-electron chi connectivity index (χ1n) is 33.3. The molecule has 3 unspecified atom stereocenters. The fourth-order valence-electron chi connectivity index (χ4n) is 12.5.